The van der Waals surface area contributed by atoms with E-state index < -0.39 is 51.0 Å². The summed E-state index contributed by atoms with van der Waals surface area (Å²) >= 11 is 0. The maximum Gasteiger partial charge on any atom is 0.416 e. The van der Waals surface area contributed by atoms with E-state index in [4.69, 9.17) is 0 Å². The van der Waals surface area contributed by atoms with E-state index in [1.54, 1.807) is 0 Å². The minimum atomic E-state index is -5.18. The minimum Gasteiger partial charge on any atom is -0.207 e. The van der Waals surface area contributed by atoms with Gasteiger partial charge >= 0.3 is 12.4 Å². The second-order valence-electron chi connectivity index (χ2n) is 4.95. The lowest BCUT2D eigenvalue weighted by Crippen LogP contribution is -2.17. The molecule has 0 N–H and O–H groups in total. The van der Waals surface area contributed by atoms with Gasteiger partial charge in [-0.3, -0.25) is 0 Å². The molecule has 0 aliphatic heterocycles. The Hall–Kier alpha value is -2.08. The van der Waals surface area contributed by atoms with Crippen molar-refractivity contribution < 1.29 is 43.2 Å². The van der Waals surface area contributed by atoms with Crippen LogP contribution in [-0.4, -0.2) is 16.8 Å². The molecule has 4 nitrogen and oxygen atoms in total. The predicted molar refractivity (Wildman–Crippen MR) is 77.3 cm³/mol. The van der Waals surface area contributed by atoms with Gasteiger partial charge in [0.2, 0.25) is 0 Å². The molecule has 0 aromatic heterocycles. The van der Waals surface area contributed by atoms with Crippen molar-refractivity contribution in [2.24, 2.45) is 0 Å². The van der Waals surface area contributed by atoms with E-state index in [1.807, 2.05) is 0 Å². The lowest BCUT2D eigenvalue weighted by Gasteiger charge is -2.10. The summed E-state index contributed by atoms with van der Waals surface area (Å²) in [6, 6.07) is 3.37. The van der Waals surface area contributed by atoms with Gasteiger partial charge in [-0.15, -0.1) is 0 Å². The highest BCUT2D eigenvalue weighted by atomic mass is 33.2. The van der Waals surface area contributed by atoms with Crippen molar-refractivity contribution >= 4 is 17.7 Å². The van der Waals surface area contributed by atoms with Gasteiger partial charge in [0.1, 0.15) is 0 Å². The summed E-state index contributed by atoms with van der Waals surface area (Å²) in [4.78, 5) is -1.88. The number of hydrogen-bond acceptors (Lipinski definition) is 4. The lowest BCUT2D eigenvalue weighted by molar-refractivity contribution is -0.138. The average Bonchev–Trinajstić information content (AvgIpc) is 2.53. The van der Waals surface area contributed by atoms with Gasteiger partial charge in [0.15, 0.2) is 0 Å². The topological polar surface area (TPSA) is 68.3 Å². The van der Waals surface area contributed by atoms with Crippen molar-refractivity contribution in [1.29, 1.82) is 0 Å². The molecule has 12 heteroatoms. The molecule has 2 aromatic rings. The van der Waals surface area contributed by atoms with Gasteiger partial charge in [-0.05, 0) is 48.5 Å². The van der Waals surface area contributed by atoms with Gasteiger partial charge in [-0.1, -0.05) is 0 Å². The summed E-state index contributed by atoms with van der Waals surface area (Å²) in [7, 11) is -10.4. The maximum absolute atomic E-state index is 12.5. The SMILES string of the molecule is O=S(=O)(c1ccc(C(F)(F)F)cc1)S(=O)(=O)c1ccc(C(F)(F)F)cc1. The van der Waals surface area contributed by atoms with Gasteiger partial charge in [0.05, 0.1) is 20.9 Å². The third-order valence-electron chi connectivity index (χ3n) is 3.23. The molecule has 0 amide bonds. The van der Waals surface area contributed by atoms with Crippen LogP contribution >= 0.6 is 0 Å². The first-order valence-electron chi connectivity index (χ1n) is 6.52. The normalized spacial score (nSPS) is 13.6. The van der Waals surface area contributed by atoms with E-state index in [1.165, 1.54) is 0 Å². The standard InChI is InChI=1S/C14H8F6O4S2/c15-13(16,17)9-1-5-11(6-2-9)25(21,22)26(23,24)12-7-3-10(4-8-12)14(18,19)20/h1-8H. The molecule has 0 spiro atoms. The van der Waals surface area contributed by atoms with Crippen LogP contribution < -0.4 is 0 Å². The highest BCUT2D eigenvalue weighted by Gasteiger charge is 2.37. The van der Waals surface area contributed by atoms with E-state index in [-0.39, 0.29) is 0 Å². The summed E-state index contributed by atoms with van der Waals surface area (Å²) in [5.74, 6) is 0. The first-order valence-corrected chi connectivity index (χ1v) is 10.0. The molecule has 0 aliphatic rings. The van der Waals surface area contributed by atoms with E-state index in [9.17, 15) is 43.2 Å². The first kappa shape index (κ1) is 20.2. The number of halogens is 6. The van der Waals surface area contributed by atoms with E-state index >= 15 is 0 Å². The van der Waals surface area contributed by atoms with Gasteiger partial charge < -0.3 is 0 Å². The van der Waals surface area contributed by atoms with Crippen LogP contribution in [0.4, 0.5) is 26.3 Å². The molecule has 0 saturated heterocycles. The summed E-state index contributed by atoms with van der Waals surface area (Å²) in [6.45, 7) is 0. The highest BCUT2D eigenvalue weighted by Crippen LogP contribution is 2.33. The molecule has 0 fully saturated rings. The van der Waals surface area contributed by atoms with E-state index in [0.717, 1.165) is 0 Å². The fraction of sp³-hybridized carbons (Fsp3) is 0.143. The number of hydrogen-bond donors (Lipinski definition) is 0. The molecule has 0 unspecified atom stereocenters. The van der Waals surface area contributed by atoms with Gasteiger partial charge in [0.25, 0.3) is 17.7 Å². The van der Waals surface area contributed by atoms with Crippen molar-refractivity contribution in [2.45, 2.75) is 22.1 Å². The lowest BCUT2D eigenvalue weighted by atomic mass is 10.2. The zero-order valence-electron chi connectivity index (χ0n) is 12.3. The molecular weight excluding hydrogens is 410 g/mol. The highest BCUT2D eigenvalue weighted by molar-refractivity contribution is 8.67. The largest absolute Gasteiger partial charge is 0.416 e. The summed E-state index contributed by atoms with van der Waals surface area (Å²) in [6.07, 6.45) is -9.51. The van der Waals surface area contributed by atoms with Crippen LogP contribution in [0, 0.1) is 0 Å². The summed E-state index contributed by atoms with van der Waals surface area (Å²) in [5, 5.41) is 0. The Morgan fingerprint density at radius 3 is 0.923 bits per heavy atom. The van der Waals surface area contributed by atoms with Crippen LogP contribution in [-0.2, 0) is 30.1 Å². The molecule has 26 heavy (non-hydrogen) atoms. The second kappa shape index (κ2) is 6.27. The predicted octanol–water partition coefficient (Wildman–Crippen LogP) is 3.89. The van der Waals surface area contributed by atoms with Crippen LogP contribution in [0.5, 0.6) is 0 Å². The van der Waals surface area contributed by atoms with Gasteiger partial charge in [-0.25, -0.2) is 16.8 Å². The monoisotopic (exact) mass is 418 g/mol. The van der Waals surface area contributed by atoms with Crippen molar-refractivity contribution in [2.75, 3.05) is 0 Å². The van der Waals surface area contributed by atoms with Gasteiger partial charge in [0, 0.05) is 0 Å². The summed E-state index contributed by atoms with van der Waals surface area (Å²) < 4.78 is 124. The Bertz CT molecular complexity index is 918. The quantitative estimate of drug-likeness (QED) is 0.560. The Morgan fingerprint density at radius 2 is 0.731 bits per heavy atom. The number of rotatable bonds is 3. The van der Waals surface area contributed by atoms with Gasteiger partial charge in [-0.2, -0.15) is 26.3 Å². The Labute approximate surface area is 143 Å². The van der Waals surface area contributed by atoms with Crippen LogP contribution in [0.3, 0.4) is 0 Å². The van der Waals surface area contributed by atoms with Crippen molar-refractivity contribution in [1.82, 2.24) is 0 Å². The molecular formula is C14H8F6O4S2. The minimum absolute atomic E-state index is 0.384. The van der Waals surface area contributed by atoms with Crippen molar-refractivity contribution in [3.8, 4) is 0 Å². The van der Waals surface area contributed by atoms with Crippen molar-refractivity contribution in [3.05, 3.63) is 59.7 Å². The molecule has 0 aliphatic carbocycles. The molecule has 0 radical (unpaired) electrons. The molecule has 142 valence electrons. The number of benzene rings is 2. The molecule has 0 heterocycles. The Balaban J connectivity index is 2.47. The number of alkyl halides is 6. The zero-order valence-corrected chi connectivity index (χ0v) is 14.0. The molecule has 2 rings (SSSR count). The fourth-order valence-electron chi connectivity index (χ4n) is 1.87. The fourth-order valence-corrected chi connectivity index (χ4v) is 5.51. The van der Waals surface area contributed by atoms with E-state index in [2.05, 4.69) is 0 Å². The first-order chi connectivity index (χ1) is 11.7. The molecule has 0 bridgehead atoms. The molecule has 0 atom stereocenters. The van der Waals surface area contributed by atoms with Crippen LogP contribution in [0.1, 0.15) is 11.1 Å². The third kappa shape index (κ3) is 3.70. The van der Waals surface area contributed by atoms with Crippen LogP contribution in [0.25, 0.3) is 0 Å². The van der Waals surface area contributed by atoms with Crippen molar-refractivity contribution in [3.63, 3.8) is 0 Å². The molecule has 2 aromatic carbocycles. The summed E-state index contributed by atoms with van der Waals surface area (Å²) in [5.41, 5.74) is -2.38. The average molecular weight is 418 g/mol. The molecule has 0 saturated carbocycles. The Morgan fingerprint density at radius 1 is 0.500 bits per heavy atom. The zero-order chi connectivity index (χ0) is 20.0. The van der Waals surface area contributed by atoms with E-state index in [0.29, 0.717) is 48.5 Å². The maximum atomic E-state index is 12.5. The smallest absolute Gasteiger partial charge is 0.207 e. The second-order valence-corrected chi connectivity index (χ2v) is 10.3. The Kier molecular flexibility index (Phi) is 4.88. The third-order valence-corrected chi connectivity index (χ3v) is 8.39. The van der Waals surface area contributed by atoms with Crippen LogP contribution in [0.2, 0.25) is 0 Å². The van der Waals surface area contributed by atoms with Crippen LogP contribution in [0.15, 0.2) is 58.3 Å².